The smallest absolute Gasteiger partial charge is 0.231 e. The van der Waals surface area contributed by atoms with Gasteiger partial charge < -0.3 is 16.3 Å². The molecular formula is C16H25N3O2. The van der Waals surface area contributed by atoms with Crippen LogP contribution in [0.5, 0.6) is 0 Å². The van der Waals surface area contributed by atoms with Gasteiger partial charge in [0.05, 0.1) is 0 Å². The molecule has 0 saturated heterocycles. The Labute approximate surface area is 126 Å². The number of carbonyl (C=O) groups excluding carboxylic acids is 1. The fraction of sp³-hybridized carbons (Fsp3) is 0.500. The van der Waals surface area contributed by atoms with Gasteiger partial charge in [0.15, 0.2) is 5.84 Å². The van der Waals surface area contributed by atoms with Gasteiger partial charge in [-0.15, -0.1) is 0 Å². The van der Waals surface area contributed by atoms with Crippen LogP contribution in [0.15, 0.2) is 35.5 Å². The van der Waals surface area contributed by atoms with Crippen LogP contribution >= 0.6 is 0 Å². The molecule has 1 rings (SSSR count). The fourth-order valence-corrected chi connectivity index (χ4v) is 2.36. The maximum atomic E-state index is 12.5. The number of carbonyl (C=O) groups is 1. The van der Waals surface area contributed by atoms with Gasteiger partial charge in [0.2, 0.25) is 5.91 Å². The molecule has 0 spiro atoms. The van der Waals surface area contributed by atoms with Gasteiger partial charge >= 0.3 is 0 Å². The Kier molecular flexibility index (Phi) is 6.21. The monoisotopic (exact) mass is 291 g/mol. The van der Waals surface area contributed by atoms with Gasteiger partial charge in [-0.2, -0.15) is 0 Å². The summed E-state index contributed by atoms with van der Waals surface area (Å²) in [7, 11) is 0. The summed E-state index contributed by atoms with van der Waals surface area (Å²) < 4.78 is 0. The first-order valence-electron chi connectivity index (χ1n) is 7.23. The molecule has 116 valence electrons. The minimum Gasteiger partial charge on any atom is -0.409 e. The Morgan fingerprint density at radius 3 is 2.52 bits per heavy atom. The highest BCUT2D eigenvalue weighted by Gasteiger charge is 2.28. The Morgan fingerprint density at radius 2 is 2.00 bits per heavy atom. The highest BCUT2D eigenvalue weighted by Crippen LogP contribution is 2.15. The standard InChI is InChI=1S/C16H25N3O2/c1-4-10-16(2,3)18-15(20)13(14(17)19-21)11-12-8-6-5-7-9-12/h5-9,13,21H,4,10-11H2,1-3H3,(H2,17,19)(H,18,20). The average molecular weight is 291 g/mol. The summed E-state index contributed by atoms with van der Waals surface area (Å²) in [6.07, 6.45) is 2.25. The molecule has 0 aromatic heterocycles. The third-order valence-corrected chi connectivity index (χ3v) is 3.41. The number of oxime groups is 1. The van der Waals surface area contributed by atoms with Crippen LogP contribution in [0, 0.1) is 5.92 Å². The van der Waals surface area contributed by atoms with Gasteiger partial charge in [-0.25, -0.2) is 0 Å². The highest BCUT2D eigenvalue weighted by atomic mass is 16.4. The van der Waals surface area contributed by atoms with E-state index in [4.69, 9.17) is 10.9 Å². The molecule has 5 nitrogen and oxygen atoms in total. The molecule has 1 atom stereocenters. The van der Waals surface area contributed by atoms with Gasteiger partial charge in [0.1, 0.15) is 5.92 Å². The van der Waals surface area contributed by atoms with Crippen LogP contribution in [0.1, 0.15) is 39.2 Å². The Bertz CT molecular complexity index is 484. The normalized spacial score (nSPS) is 13.8. The number of amides is 1. The Balaban J connectivity index is 2.85. The predicted molar refractivity (Wildman–Crippen MR) is 84.2 cm³/mol. The molecule has 1 amide bonds. The first kappa shape index (κ1) is 17.0. The maximum Gasteiger partial charge on any atom is 0.231 e. The zero-order chi connectivity index (χ0) is 15.9. The van der Waals surface area contributed by atoms with Crippen molar-refractivity contribution in [1.82, 2.24) is 5.32 Å². The van der Waals surface area contributed by atoms with Crippen LogP contribution in [0.2, 0.25) is 0 Å². The molecule has 0 aliphatic carbocycles. The zero-order valence-corrected chi connectivity index (χ0v) is 13.0. The van der Waals surface area contributed by atoms with E-state index < -0.39 is 5.92 Å². The Hall–Kier alpha value is -2.04. The lowest BCUT2D eigenvalue weighted by Gasteiger charge is -2.28. The molecule has 1 aromatic carbocycles. The van der Waals surface area contributed by atoms with Crippen molar-refractivity contribution in [2.75, 3.05) is 0 Å². The molecular weight excluding hydrogens is 266 g/mol. The summed E-state index contributed by atoms with van der Waals surface area (Å²) in [5.74, 6) is -0.954. The molecule has 0 radical (unpaired) electrons. The van der Waals surface area contributed by atoms with Crippen LogP contribution in [-0.2, 0) is 11.2 Å². The number of nitrogens with zero attached hydrogens (tertiary/aromatic N) is 1. The maximum absolute atomic E-state index is 12.5. The van der Waals surface area contributed by atoms with Crippen molar-refractivity contribution in [2.45, 2.75) is 45.6 Å². The molecule has 0 saturated carbocycles. The second-order valence-corrected chi connectivity index (χ2v) is 5.89. The molecule has 5 heteroatoms. The molecule has 1 aromatic rings. The first-order chi connectivity index (χ1) is 9.89. The number of hydrogen-bond donors (Lipinski definition) is 3. The molecule has 0 heterocycles. The number of nitrogens with two attached hydrogens (primary N) is 1. The Morgan fingerprint density at radius 1 is 1.38 bits per heavy atom. The molecule has 1 unspecified atom stereocenters. The highest BCUT2D eigenvalue weighted by molar-refractivity contribution is 6.02. The minimum atomic E-state index is -0.673. The van der Waals surface area contributed by atoms with E-state index in [0.29, 0.717) is 6.42 Å². The zero-order valence-electron chi connectivity index (χ0n) is 13.0. The molecule has 0 aliphatic rings. The van der Waals surface area contributed by atoms with Crippen molar-refractivity contribution in [1.29, 1.82) is 0 Å². The molecule has 0 bridgehead atoms. The number of amidine groups is 1. The van der Waals surface area contributed by atoms with Gasteiger partial charge in [-0.05, 0) is 32.3 Å². The van der Waals surface area contributed by atoms with Gasteiger partial charge in [0.25, 0.3) is 0 Å². The molecule has 21 heavy (non-hydrogen) atoms. The van der Waals surface area contributed by atoms with E-state index >= 15 is 0 Å². The fourth-order valence-electron chi connectivity index (χ4n) is 2.36. The van der Waals surface area contributed by atoms with Gasteiger partial charge in [-0.1, -0.05) is 48.8 Å². The summed E-state index contributed by atoms with van der Waals surface area (Å²) in [6, 6.07) is 9.55. The van der Waals surface area contributed by atoms with E-state index in [0.717, 1.165) is 18.4 Å². The van der Waals surface area contributed by atoms with Crippen LogP contribution in [0.25, 0.3) is 0 Å². The quantitative estimate of drug-likeness (QED) is 0.312. The number of benzene rings is 1. The lowest BCUT2D eigenvalue weighted by molar-refractivity contribution is -0.124. The number of hydrogen-bond acceptors (Lipinski definition) is 3. The lowest BCUT2D eigenvalue weighted by atomic mass is 9.94. The average Bonchev–Trinajstić information content (AvgIpc) is 2.44. The topological polar surface area (TPSA) is 87.7 Å². The molecule has 0 aliphatic heterocycles. The molecule has 0 fully saturated rings. The van der Waals surface area contributed by atoms with E-state index in [9.17, 15) is 4.79 Å². The summed E-state index contributed by atoms with van der Waals surface area (Å²) in [5, 5.41) is 14.9. The van der Waals surface area contributed by atoms with Gasteiger partial charge in [0, 0.05) is 5.54 Å². The van der Waals surface area contributed by atoms with E-state index in [1.807, 2.05) is 44.2 Å². The van der Waals surface area contributed by atoms with Crippen molar-refractivity contribution >= 4 is 11.7 Å². The molecule has 4 N–H and O–H groups in total. The van der Waals surface area contributed by atoms with Gasteiger partial charge in [-0.3, -0.25) is 4.79 Å². The number of rotatable bonds is 7. The third kappa shape index (κ3) is 5.45. The largest absolute Gasteiger partial charge is 0.409 e. The van der Waals surface area contributed by atoms with Crippen molar-refractivity contribution in [3.8, 4) is 0 Å². The summed E-state index contributed by atoms with van der Waals surface area (Å²) in [4.78, 5) is 12.5. The van der Waals surface area contributed by atoms with Crippen LogP contribution < -0.4 is 11.1 Å². The second kappa shape index (κ2) is 7.67. The van der Waals surface area contributed by atoms with E-state index in [1.165, 1.54) is 0 Å². The summed E-state index contributed by atoms with van der Waals surface area (Å²) in [6.45, 7) is 6.01. The first-order valence-corrected chi connectivity index (χ1v) is 7.23. The second-order valence-electron chi connectivity index (χ2n) is 5.89. The summed E-state index contributed by atoms with van der Waals surface area (Å²) in [5.41, 5.74) is 6.36. The van der Waals surface area contributed by atoms with Crippen LogP contribution in [0.4, 0.5) is 0 Å². The van der Waals surface area contributed by atoms with E-state index in [-0.39, 0.29) is 17.3 Å². The SMILES string of the molecule is CCCC(C)(C)NC(=O)C(Cc1ccccc1)/C(N)=N/O. The minimum absolute atomic E-state index is 0.0661. The van der Waals surface area contributed by atoms with Crippen molar-refractivity contribution < 1.29 is 10.0 Å². The predicted octanol–water partition coefficient (Wildman–Crippen LogP) is 2.29. The van der Waals surface area contributed by atoms with Crippen LogP contribution in [-0.4, -0.2) is 22.5 Å². The lowest BCUT2D eigenvalue weighted by Crippen LogP contribution is -2.49. The van der Waals surface area contributed by atoms with Crippen molar-refractivity contribution in [3.05, 3.63) is 35.9 Å². The summed E-state index contributed by atoms with van der Waals surface area (Å²) >= 11 is 0. The van der Waals surface area contributed by atoms with Crippen LogP contribution in [0.3, 0.4) is 0 Å². The van der Waals surface area contributed by atoms with Crippen molar-refractivity contribution in [2.24, 2.45) is 16.8 Å². The number of nitrogens with one attached hydrogen (secondary N) is 1. The van der Waals surface area contributed by atoms with E-state index in [1.54, 1.807) is 0 Å². The van der Waals surface area contributed by atoms with E-state index in [2.05, 4.69) is 17.4 Å². The third-order valence-electron chi connectivity index (χ3n) is 3.41. The van der Waals surface area contributed by atoms with Crippen molar-refractivity contribution in [3.63, 3.8) is 0 Å².